The molecule has 1 aliphatic carbocycles. The summed E-state index contributed by atoms with van der Waals surface area (Å²) < 4.78 is 0. The highest BCUT2D eigenvalue weighted by Gasteiger charge is 2.40. The number of Topliss-reactive ketones (excluding diaryl/α,β-unsaturated/α-hetero) is 1. The van der Waals surface area contributed by atoms with Crippen LogP contribution in [0.5, 0.6) is 0 Å². The first-order valence-electron chi connectivity index (χ1n) is 9.57. The average Bonchev–Trinajstić information content (AvgIpc) is 2.74. The molecule has 154 valence electrons. The van der Waals surface area contributed by atoms with Crippen molar-refractivity contribution < 1.29 is 14.5 Å². The SMILES string of the molecule is CSc1ccc(C2CC(=O)N(c3ccc([N+](=O)[O-])cc3Cl)C3=C2C(=O)CCC3)cc1. The van der Waals surface area contributed by atoms with Crippen molar-refractivity contribution in [3.8, 4) is 0 Å². The van der Waals surface area contributed by atoms with Crippen LogP contribution in [0.4, 0.5) is 11.4 Å². The molecule has 0 aromatic heterocycles. The number of thioether (sulfide) groups is 1. The number of rotatable bonds is 4. The molecule has 1 aliphatic heterocycles. The first kappa shape index (κ1) is 20.6. The molecular weight excluding hydrogens is 424 g/mol. The summed E-state index contributed by atoms with van der Waals surface area (Å²) in [6, 6.07) is 12.0. The van der Waals surface area contributed by atoms with E-state index in [1.54, 1.807) is 11.8 Å². The Balaban J connectivity index is 1.82. The largest absolute Gasteiger partial charge is 0.294 e. The van der Waals surface area contributed by atoms with Gasteiger partial charge in [-0.2, -0.15) is 0 Å². The van der Waals surface area contributed by atoms with Gasteiger partial charge in [0.1, 0.15) is 0 Å². The van der Waals surface area contributed by atoms with E-state index in [-0.39, 0.29) is 34.7 Å². The molecule has 8 heteroatoms. The zero-order valence-electron chi connectivity index (χ0n) is 16.3. The van der Waals surface area contributed by atoms with Crippen molar-refractivity contribution in [3.05, 3.63) is 74.4 Å². The summed E-state index contributed by atoms with van der Waals surface area (Å²) in [5.74, 6) is -0.409. The maximum Gasteiger partial charge on any atom is 0.271 e. The number of hydrogen-bond donors (Lipinski definition) is 0. The van der Waals surface area contributed by atoms with Gasteiger partial charge < -0.3 is 0 Å². The number of carbonyl (C=O) groups excluding carboxylic acids is 2. The summed E-state index contributed by atoms with van der Waals surface area (Å²) in [5, 5.41) is 11.1. The molecule has 0 N–H and O–H groups in total. The summed E-state index contributed by atoms with van der Waals surface area (Å²) in [6.07, 6.45) is 3.84. The van der Waals surface area contributed by atoms with Crippen LogP contribution in [0.15, 0.2) is 58.6 Å². The Labute approximate surface area is 183 Å². The van der Waals surface area contributed by atoms with Gasteiger partial charge in [-0.15, -0.1) is 11.8 Å². The smallest absolute Gasteiger partial charge is 0.271 e. The molecule has 1 amide bonds. The van der Waals surface area contributed by atoms with Gasteiger partial charge >= 0.3 is 0 Å². The molecule has 0 bridgehead atoms. The van der Waals surface area contributed by atoms with Crippen LogP contribution in [0.3, 0.4) is 0 Å². The first-order chi connectivity index (χ1) is 14.4. The molecule has 2 aromatic rings. The molecule has 0 radical (unpaired) electrons. The van der Waals surface area contributed by atoms with E-state index in [2.05, 4.69) is 0 Å². The quantitative estimate of drug-likeness (QED) is 0.355. The lowest BCUT2D eigenvalue weighted by Crippen LogP contribution is -2.40. The number of nitrogens with zero attached hydrogens (tertiary/aromatic N) is 2. The molecule has 1 atom stereocenters. The third-order valence-corrected chi connectivity index (χ3v) is 6.62. The lowest BCUT2D eigenvalue weighted by Gasteiger charge is -2.38. The zero-order chi connectivity index (χ0) is 21.4. The van der Waals surface area contributed by atoms with Gasteiger partial charge in [-0.1, -0.05) is 23.7 Å². The monoisotopic (exact) mass is 442 g/mol. The second-order valence-corrected chi connectivity index (χ2v) is 8.58. The molecule has 6 nitrogen and oxygen atoms in total. The highest BCUT2D eigenvalue weighted by molar-refractivity contribution is 7.98. The van der Waals surface area contributed by atoms with Crippen molar-refractivity contribution in [1.82, 2.24) is 0 Å². The maximum atomic E-state index is 13.2. The van der Waals surface area contributed by atoms with Crippen molar-refractivity contribution in [1.29, 1.82) is 0 Å². The fourth-order valence-electron chi connectivity index (χ4n) is 4.18. The molecule has 0 saturated carbocycles. The van der Waals surface area contributed by atoms with E-state index in [1.807, 2.05) is 30.5 Å². The van der Waals surface area contributed by atoms with Crippen LogP contribution in [0.1, 0.15) is 37.2 Å². The number of ketones is 1. The van der Waals surface area contributed by atoms with Gasteiger partial charge in [0, 0.05) is 47.1 Å². The standard InChI is InChI=1S/C22H19ClN2O4S/c1-30-15-8-5-13(6-9-15)16-12-21(27)24(19-3-2-4-20(26)22(16)19)18-10-7-14(25(28)29)11-17(18)23/h5-11,16H,2-4,12H2,1H3. The van der Waals surface area contributed by atoms with E-state index in [9.17, 15) is 19.7 Å². The molecule has 2 aromatic carbocycles. The van der Waals surface area contributed by atoms with Crippen LogP contribution in [-0.2, 0) is 9.59 Å². The van der Waals surface area contributed by atoms with Crippen molar-refractivity contribution in [3.63, 3.8) is 0 Å². The van der Waals surface area contributed by atoms with E-state index >= 15 is 0 Å². The second-order valence-electron chi connectivity index (χ2n) is 7.29. The normalized spacial score (nSPS) is 19.1. The number of allylic oxidation sites excluding steroid dienone is 2. The summed E-state index contributed by atoms with van der Waals surface area (Å²) in [4.78, 5) is 39.3. The predicted molar refractivity (Wildman–Crippen MR) is 117 cm³/mol. The summed E-state index contributed by atoms with van der Waals surface area (Å²) in [5.41, 5.74) is 2.50. The number of non-ortho nitro benzene ring substituents is 1. The molecule has 1 heterocycles. The van der Waals surface area contributed by atoms with Gasteiger partial charge in [-0.05, 0) is 42.9 Å². The Kier molecular flexibility index (Phi) is 5.66. The van der Waals surface area contributed by atoms with Crippen LogP contribution in [0.25, 0.3) is 0 Å². The third kappa shape index (κ3) is 3.63. The minimum Gasteiger partial charge on any atom is -0.294 e. The number of hydrogen-bond acceptors (Lipinski definition) is 5. The molecule has 4 rings (SSSR count). The van der Waals surface area contributed by atoms with E-state index in [0.29, 0.717) is 36.2 Å². The second kappa shape index (κ2) is 8.24. The van der Waals surface area contributed by atoms with Crippen LogP contribution in [-0.4, -0.2) is 22.9 Å². The van der Waals surface area contributed by atoms with E-state index in [4.69, 9.17) is 11.6 Å². The maximum absolute atomic E-state index is 13.2. The Bertz CT molecular complexity index is 1080. The summed E-state index contributed by atoms with van der Waals surface area (Å²) >= 11 is 7.95. The Hall–Kier alpha value is -2.64. The van der Waals surface area contributed by atoms with Gasteiger partial charge in [-0.3, -0.25) is 24.6 Å². The predicted octanol–water partition coefficient (Wildman–Crippen LogP) is 5.50. The van der Waals surface area contributed by atoms with Gasteiger partial charge in [0.2, 0.25) is 5.91 Å². The fraction of sp³-hybridized carbons (Fsp3) is 0.273. The molecule has 30 heavy (non-hydrogen) atoms. The van der Waals surface area contributed by atoms with Gasteiger partial charge in [0.05, 0.1) is 15.6 Å². The van der Waals surface area contributed by atoms with Crippen molar-refractivity contribution in [2.45, 2.75) is 36.5 Å². The van der Waals surface area contributed by atoms with Crippen LogP contribution < -0.4 is 4.90 Å². The Morgan fingerprint density at radius 2 is 1.87 bits per heavy atom. The number of nitro benzene ring substituents is 1. The highest BCUT2D eigenvalue weighted by atomic mass is 35.5. The number of halogens is 1. The molecule has 0 saturated heterocycles. The van der Waals surface area contributed by atoms with Crippen LogP contribution in [0, 0.1) is 10.1 Å². The topological polar surface area (TPSA) is 80.5 Å². The lowest BCUT2D eigenvalue weighted by molar-refractivity contribution is -0.384. The number of benzene rings is 2. The van der Waals surface area contributed by atoms with Crippen molar-refractivity contribution in [2.75, 3.05) is 11.2 Å². The average molecular weight is 443 g/mol. The fourth-order valence-corrected chi connectivity index (χ4v) is 4.85. The third-order valence-electron chi connectivity index (χ3n) is 5.58. The van der Waals surface area contributed by atoms with Gasteiger partial charge in [0.25, 0.3) is 5.69 Å². The van der Waals surface area contributed by atoms with Crippen LogP contribution in [0.2, 0.25) is 5.02 Å². The molecular formula is C22H19ClN2O4S. The van der Waals surface area contributed by atoms with E-state index in [0.717, 1.165) is 10.5 Å². The Morgan fingerprint density at radius 3 is 2.50 bits per heavy atom. The van der Waals surface area contributed by atoms with Crippen LogP contribution >= 0.6 is 23.4 Å². The van der Waals surface area contributed by atoms with Gasteiger partial charge in [-0.25, -0.2) is 0 Å². The van der Waals surface area contributed by atoms with E-state index < -0.39 is 4.92 Å². The molecule has 1 unspecified atom stereocenters. The molecule has 2 aliphatic rings. The molecule has 0 spiro atoms. The Morgan fingerprint density at radius 1 is 1.13 bits per heavy atom. The minimum atomic E-state index is -0.531. The summed E-state index contributed by atoms with van der Waals surface area (Å²) in [7, 11) is 0. The van der Waals surface area contributed by atoms with Crippen molar-refractivity contribution in [2.24, 2.45) is 0 Å². The number of anilines is 1. The highest BCUT2D eigenvalue weighted by Crippen LogP contribution is 2.45. The minimum absolute atomic E-state index is 0.0470. The zero-order valence-corrected chi connectivity index (χ0v) is 17.8. The number of amides is 1. The van der Waals surface area contributed by atoms with Gasteiger partial charge in [0.15, 0.2) is 5.78 Å². The van der Waals surface area contributed by atoms with Crippen molar-refractivity contribution >= 4 is 46.4 Å². The molecule has 0 fully saturated rings. The first-order valence-corrected chi connectivity index (χ1v) is 11.2. The van der Waals surface area contributed by atoms with E-state index in [1.165, 1.54) is 23.1 Å². The number of nitro groups is 1. The summed E-state index contributed by atoms with van der Waals surface area (Å²) in [6.45, 7) is 0. The lowest BCUT2D eigenvalue weighted by atomic mass is 9.77. The number of carbonyl (C=O) groups is 2.